The lowest BCUT2D eigenvalue weighted by Gasteiger charge is -2.13. The Morgan fingerprint density at radius 2 is 2.06 bits per heavy atom. The summed E-state index contributed by atoms with van der Waals surface area (Å²) in [5.41, 5.74) is 0. The second kappa shape index (κ2) is 4.07. The van der Waals surface area contributed by atoms with E-state index >= 15 is 0 Å². The maximum absolute atomic E-state index is 11.5. The van der Waals surface area contributed by atoms with Crippen LogP contribution in [0.25, 0.3) is 0 Å². The molecule has 1 unspecified atom stereocenters. The summed E-state index contributed by atoms with van der Waals surface area (Å²) in [5.74, 6) is 0.248. The fourth-order valence-electron chi connectivity index (χ4n) is 1.91. The van der Waals surface area contributed by atoms with E-state index in [-0.39, 0.29) is 10.5 Å². The Morgan fingerprint density at radius 1 is 1.44 bits per heavy atom. The Morgan fingerprint density at radius 3 is 2.56 bits per heavy atom. The zero-order valence-corrected chi connectivity index (χ0v) is 12.1. The summed E-state index contributed by atoms with van der Waals surface area (Å²) < 4.78 is 26.4. The van der Waals surface area contributed by atoms with Crippen molar-refractivity contribution in [1.29, 1.82) is 0 Å². The van der Waals surface area contributed by atoms with Crippen LogP contribution in [0.3, 0.4) is 0 Å². The van der Waals surface area contributed by atoms with Crippen molar-refractivity contribution in [2.24, 2.45) is 0 Å². The van der Waals surface area contributed by atoms with Gasteiger partial charge in [0.15, 0.2) is 9.84 Å². The third-order valence-electron chi connectivity index (χ3n) is 2.82. The van der Waals surface area contributed by atoms with Crippen molar-refractivity contribution in [2.75, 3.05) is 18.8 Å². The fraction of sp³-hybridized carbons (Fsp3) is 0.700. The van der Waals surface area contributed by atoms with Crippen LogP contribution in [0.5, 0.6) is 0 Å². The Labute approximate surface area is 105 Å². The first-order valence-corrected chi connectivity index (χ1v) is 8.69. The lowest BCUT2D eigenvalue weighted by molar-refractivity contribution is -0.515. The van der Waals surface area contributed by atoms with E-state index in [1.165, 1.54) is 9.78 Å². The minimum absolute atomic E-state index is 0.235. The highest BCUT2D eigenvalue weighted by atomic mass is 32.2. The number of thioether (sulfide) groups is 2. The smallest absolute Gasteiger partial charge is 0.224 e. The fourth-order valence-corrected chi connectivity index (χ4v) is 8.07. The van der Waals surface area contributed by atoms with Gasteiger partial charge in [-0.3, -0.25) is 0 Å². The van der Waals surface area contributed by atoms with Crippen LogP contribution in [0.1, 0.15) is 20.8 Å². The first kappa shape index (κ1) is 12.5. The highest BCUT2D eigenvalue weighted by molar-refractivity contribution is 8.44. The van der Waals surface area contributed by atoms with Crippen molar-refractivity contribution < 1.29 is 13.0 Å². The van der Waals surface area contributed by atoms with Gasteiger partial charge < -0.3 is 0 Å². The van der Waals surface area contributed by atoms with E-state index in [0.717, 1.165) is 18.0 Å². The van der Waals surface area contributed by atoms with Crippen LogP contribution in [-0.2, 0) is 9.84 Å². The Bertz CT molecular complexity index is 472. The minimum atomic E-state index is -2.96. The van der Waals surface area contributed by atoms with Gasteiger partial charge in [-0.25, -0.2) is 13.0 Å². The molecule has 0 aromatic heterocycles. The molecule has 0 aromatic carbocycles. The molecular weight excluding hydrogens is 262 g/mol. The highest BCUT2D eigenvalue weighted by Crippen LogP contribution is 2.54. The number of hydrogen-bond donors (Lipinski definition) is 0. The molecule has 3 nitrogen and oxygen atoms in total. The molecule has 0 aromatic rings. The summed E-state index contributed by atoms with van der Waals surface area (Å²) in [4.78, 5) is 0.999. The molecule has 6 heteroatoms. The highest BCUT2D eigenvalue weighted by Gasteiger charge is 2.50. The standard InChI is InChI=1S/C10H16NO2S3/c1-4-11(5-2)9-14-8-6-16(12,13)7-10(8,3)15-9/h6H,4-5,7H2,1-3H3/q+1. The third-order valence-corrected chi connectivity index (χ3v) is 7.82. The van der Waals surface area contributed by atoms with E-state index in [0.29, 0.717) is 0 Å². The van der Waals surface area contributed by atoms with Crippen molar-refractivity contribution in [3.05, 3.63) is 10.3 Å². The van der Waals surface area contributed by atoms with Crippen molar-refractivity contribution in [3.63, 3.8) is 0 Å². The molecule has 90 valence electrons. The van der Waals surface area contributed by atoms with Crippen molar-refractivity contribution >= 4 is 37.7 Å². The van der Waals surface area contributed by atoms with Crippen LogP contribution < -0.4 is 0 Å². The number of rotatable bonds is 2. The predicted octanol–water partition coefficient (Wildman–Crippen LogP) is 1.90. The summed E-state index contributed by atoms with van der Waals surface area (Å²) in [6.07, 6.45) is 0. The van der Waals surface area contributed by atoms with E-state index in [9.17, 15) is 8.42 Å². The predicted molar refractivity (Wildman–Crippen MR) is 71.8 cm³/mol. The van der Waals surface area contributed by atoms with E-state index in [2.05, 4.69) is 18.4 Å². The SMILES string of the molecule is CC[N+](CC)=C1SC2=CS(=O)(=O)CC2(C)S1. The van der Waals surface area contributed by atoms with E-state index < -0.39 is 9.84 Å². The van der Waals surface area contributed by atoms with Gasteiger partial charge in [0.1, 0.15) is 13.1 Å². The average Bonchev–Trinajstić information content (AvgIpc) is 2.53. The van der Waals surface area contributed by atoms with Gasteiger partial charge in [-0.05, 0) is 44.3 Å². The maximum atomic E-state index is 11.5. The molecule has 16 heavy (non-hydrogen) atoms. The number of nitrogens with zero attached hydrogens (tertiary/aromatic N) is 1. The van der Waals surface area contributed by atoms with E-state index in [1.54, 1.807) is 23.5 Å². The van der Waals surface area contributed by atoms with E-state index in [4.69, 9.17) is 0 Å². The summed E-state index contributed by atoms with van der Waals surface area (Å²) in [5, 5.41) is 1.46. The molecule has 0 N–H and O–H groups in total. The van der Waals surface area contributed by atoms with Crippen LogP contribution in [0.2, 0.25) is 0 Å². The molecule has 0 radical (unpaired) electrons. The monoisotopic (exact) mass is 278 g/mol. The second-order valence-corrected chi connectivity index (χ2v) is 8.79. The Hall–Kier alpha value is 0.0600. The quantitative estimate of drug-likeness (QED) is 0.723. The molecule has 0 amide bonds. The molecule has 0 bridgehead atoms. The van der Waals surface area contributed by atoms with Crippen LogP contribution in [0.15, 0.2) is 10.3 Å². The Balaban J connectivity index is 2.38. The first-order valence-electron chi connectivity index (χ1n) is 5.34. The van der Waals surface area contributed by atoms with Crippen molar-refractivity contribution in [2.45, 2.75) is 25.5 Å². The molecule has 0 saturated carbocycles. The van der Waals surface area contributed by atoms with Gasteiger partial charge in [-0.1, -0.05) is 0 Å². The van der Waals surface area contributed by atoms with Crippen LogP contribution in [-0.4, -0.2) is 41.0 Å². The van der Waals surface area contributed by atoms with Gasteiger partial charge >= 0.3 is 0 Å². The average molecular weight is 278 g/mol. The molecule has 2 heterocycles. The van der Waals surface area contributed by atoms with Gasteiger partial charge in [-0.2, -0.15) is 0 Å². The molecule has 2 aliphatic heterocycles. The van der Waals surface area contributed by atoms with Gasteiger partial charge in [0.05, 0.1) is 10.5 Å². The second-order valence-electron chi connectivity index (χ2n) is 4.16. The molecule has 1 fully saturated rings. The van der Waals surface area contributed by atoms with Crippen LogP contribution >= 0.6 is 23.5 Å². The van der Waals surface area contributed by atoms with Crippen LogP contribution in [0.4, 0.5) is 0 Å². The van der Waals surface area contributed by atoms with E-state index in [1.807, 2.05) is 6.92 Å². The summed E-state index contributed by atoms with van der Waals surface area (Å²) >= 11 is 3.33. The zero-order chi connectivity index (χ0) is 12.0. The summed E-state index contributed by atoms with van der Waals surface area (Å²) in [6, 6.07) is 0. The molecule has 2 aliphatic rings. The number of fused-ring (bicyclic) bond motifs is 1. The number of sulfone groups is 1. The molecule has 0 spiro atoms. The van der Waals surface area contributed by atoms with Crippen LogP contribution in [0, 0.1) is 0 Å². The van der Waals surface area contributed by atoms with Gasteiger partial charge in [0.25, 0.3) is 4.38 Å². The minimum Gasteiger partial charge on any atom is -0.224 e. The molecular formula is C10H16NO2S3+. The lowest BCUT2D eigenvalue weighted by atomic mass is 10.2. The topological polar surface area (TPSA) is 37.1 Å². The Kier molecular flexibility index (Phi) is 3.18. The van der Waals surface area contributed by atoms with Gasteiger partial charge in [0.2, 0.25) is 0 Å². The molecule has 1 atom stereocenters. The van der Waals surface area contributed by atoms with Gasteiger partial charge in [-0.15, -0.1) is 0 Å². The first-order chi connectivity index (χ1) is 7.40. The normalized spacial score (nSPS) is 31.4. The molecule has 0 aliphatic carbocycles. The largest absolute Gasteiger partial charge is 0.275 e. The van der Waals surface area contributed by atoms with Crippen molar-refractivity contribution in [1.82, 2.24) is 0 Å². The zero-order valence-electron chi connectivity index (χ0n) is 9.69. The molecule has 1 saturated heterocycles. The summed E-state index contributed by atoms with van der Waals surface area (Å²) in [7, 11) is -2.96. The maximum Gasteiger partial charge on any atom is 0.275 e. The molecule has 2 rings (SSSR count). The lowest BCUT2D eigenvalue weighted by Crippen LogP contribution is -2.23. The van der Waals surface area contributed by atoms with Gasteiger partial charge in [0, 0.05) is 10.3 Å². The third kappa shape index (κ3) is 2.07. The van der Waals surface area contributed by atoms with Crippen molar-refractivity contribution in [3.8, 4) is 0 Å². The number of hydrogen-bond acceptors (Lipinski definition) is 4. The summed E-state index contributed by atoms with van der Waals surface area (Å²) in [6.45, 7) is 8.22.